The molecule has 0 atom stereocenters. The molecule has 2 N–H and O–H groups in total. The molecule has 0 aliphatic carbocycles. The molecule has 0 spiro atoms. The van der Waals surface area contributed by atoms with Gasteiger partial charge in [-0.15, -0.1) is 0 Å². The van der Waals surface area contributed by atoms with E-state index in [0.29, 0.717) is 6.04 Å². The van der Waals surface area contributed by atoms with E-state index in [4.69, 9.17) is 5.11 Å². The Labute approximate surface area is 105 Å². The SMILES string of the molecule is CC(C)N(C)c1cc2c(CC(=O)O)c[nH]c2cn1. The Hall–Kier alpha value is -2.04. The number of hydrogen-bond donors (Lipinski definition) is 2. The molecule has 0 aliphatic heterocycles. The van der Waals surface area contributed by atoms with Crippen LogP contribution in [0.4, 0.5) is 5.82 Å². The van der Waals surface area contributed by atoms with Gasteiger partial charge in [-0.2, -0.15) is 0 Å². The van der Waals surface area contributed by atoms with Crippen LogP contribution in [0.2, 0.25) is 0 Å². The Morgan fingerprint density at radius 3 is 2.89 bits per heavy atom. The number of nitrogens with zero attached hydrogens (tertiary/aromatic N) is 2. The minimum absolute atomic E-state index is 0.0227. The van der Waals surface area contributed by atoms with E-state index in [1.54, 1.807) is 12.4 Å². The summed E-state index contributed by atoms with van der Waals surface area (Å²) >= 11 is 0. The summed E-state index contributed by atoms with van der Waals surface area (Å²) in [6.07, 6.45) is 3.50. The van der Waals surface area contributed by atoms with Gasteiger partial charge in [0.15, 0.2) is 0 Å². The summed E-state index contributed by atoms with van der Waals surface area (Å²) in [5.74, 6) is 0.0233. The van der Waals surface area contributed by atoms with Crippen LogP contribution >= 0.6 is 0 Å². The van der Waals surface area contributed by atoms with E-state index in [2.05, 4.69) is 28.7 Å². The van der Waals surface area contributed by atoms with Crippen LogP contribution in [0.1, 0.15) is 19.4 Å². The van der Waals surface area contributed by atoms with E-state index in [1.807, 2.05) is 13.1 Å². The van der Waals surface area contributed by atoms with E-state index >= 15 is 0 Å². The second kappa shape index (κ2) is 4.68. The summed E-state index contributed by atoms with van der Waals surface area (Å²) in [5.41, 5.74) is 1.66. The largest absolute Gasteiger partial charge is 0.481 e. The quantitative estimate of drug-likeness (QED) is 0.867. The number of anilines is 1. The number of carboxylic acid groups (broad SMARTS) is 1. The standard InChI is InChI=1S/C13H17N3O2/c1-8(2)16(3)12-5-10-9(4-13(17)18)6-14-11(10)7-15-12/h5-8,14H,4H2,1-3H3,(H,17,18). The summed E-state index contributed by atoms with van der Waals surface area (Å²) in [5, 5.41) is 9.80. The Balaban J connectivity index is 2.45. The van der Waals surface area contributed by atoms with Crippen LogP contribution in [0.5, 0.6) is 0 Å². The fraction of sp³-hybridized carbons (Fsp3) is 0.385. The van der Waals surface area contributed by atoms with Crippen molar-refractivity contribution in [2.45, 2.75) is 26.3 Å². The number of H-pyrrole nitrogens is 1. The second-order valence-electron chi connectivity index (χ2n) is 4.68. The van der Waals surface area contributed by atoms with Crippen molar-refractivity contribution in [3.63, 3.8) is 0 Å². The average Bonchev–Trinajstić information content (AvgIpc) is 2.70. The van der Waals surface area contributed by atoms with Crippen molar-refractivity contribution in [1.82, 2.24) is 9.97 Å². The molecule has 0 aliphatic rings. The molecule has 96 valence electrons. The molecule has 0 bridgehead atoms. The number of pyridine rings is 1. The predicted molar refractivity (Wildman–Crippen MR) is 71.0 cm³/mol. The van der Waals surface area contributed by atoms with Crippen LogP contribution in [-0.4, -0.2) is 34.1 Å². The maximum absolute atomic E-state index is 10.8. The zero-order valence-electron chi connectivity index (χ0n) is 10.8. The van der Waals surface area contributed by atoms with Gasteiger partial charge in [-0.25, -0.2) is 4.98 Å². The van der Waals surface area contributed by atoms with Gasteiger partial charge in [0, 0.05) is 24.7 Å². The van der Waals surface area contributed by atoms with Gasteiger partial charge in [0.1, 0.15) is 5.82 Å². The highest BCUT2D eigenvalue weighted by Crippen LogP contribution is 2.23. The van der Waals surface area contributed by atoms with Gasteiger partial charge in [-0.3, -0.25) is 4.79 Å². The van der Waals surface area contributed by atoms with Crippen molar-refractivity contribution in [3.8, 4) is 0 Å². The number of aromatic amines is 1. The van der Waals surface area contributed by atoms with Crippen LogP contribution in [0.3, 0.4) is 0 Å². The monoisotopic (exact) mass is 247 g/mol. The minimum atomic E-state index is -0.827. The molecule has 0 saturated carbocycles. The van der Waals surface area contributed by atoms with Crippen LogP contribution in [0.25, 0.3) is 10.9 Å². The number of aromatic nitrogens is 2. The first-order chi connectivity index (χ1) is 8.49. The van der Waals surface area contributed by atoms with Crippen molar-refractivity contribution < 1.29 is 9.90 Å². The molecular weight excluding hydrogens is 230 g/mol. The van der Waals surface area contributed by atoms with E-state index in [0.717, 1.165) is 22.3 Å². The van der Waals surface area contributed by atoms with Gasteiger partial charge >= 0.3 is 5.97 Å². The van der Waals surface area contributed by atoms with Gasteiger partial charge in [-0.1, -0.05) is 0 Å². The van der Waals surface area contributed by atoms with Crippen molar-refractivity contribution in [2.75, 3.05) is 11.9 Å². The van der Waals surface area contributed by atoms with Crippen molar-refractivity contribution in [2.24, 2.45) is 0 Å². The van der Waals surface area contributed by atoms with Crippen LogP contribution in [-0.2, 0) is 11.2 Å². The summed E-state index contributed by atoms with van der Waals surface area (Å²) in [7, 11) is 1.97. The van der Waals surface area contributed by atoms with Crippen molar-refractivity contribution in [1.29, 1.82) is 0 Å². The van der Waals surface area contributed by atoms with E-state index < -0.39 is 5.97 Å². The Kier molecular flexibility index (Phi) is 3.23. The number of aliphatic carboxylic acids is 1. The molecule has 0 aromatic carbocycles. The smallest absolute Gasteiger partial charge is 0.307 e. The average molecular weight is 247 g/mol. The lowest BCUT2D eigenvalue weighted by atomic mass is 10.1. The summed E-state index contributed by atoms with van der Waals surface area (Å²) < 4.78 is 0. The number of rotatable bonds is 4. The first-order valence-corrected chi connectivity index (χ1v) is 5.89. The number of carboxylic acids is 1. The van der Waals surface area contributed by atoms with Crippen molar-refractivity contribution >= 4 is 22.7 Å². The zero-order chi connectivity index (χ0) is 13.3. The molecule has 0 radical (unpaired) electrons. The third-order valence-corrected chi connectivity index (χ3v) is 3.12. The summed E-state index contributed by atoms with van der Waals surface area (Å²) in [6.45, 7) is 4.17. The zero-order valence-corrected chi connectivity index (χ0v) is 10.8. The summed E-state index contributed by atoms with van der Waals surface area (Å²) in [4.78, 5) is 20.3. The molecule has 2 heterocycles. The molecule has 0 unspecified atom stereocenters. The fourth-order valence-electron chi connectivity index (χ4n) is 1.83. The van der Waals surface area contributed by atoms with Crippen molar-refractivity contribution in [3.05, 3.63) is 24.0 Å². The van der Waals surface area contributed by atoms with E-state index in [9.17, 15) is 4.79 Å². The third-order valence-electron chi connectivity index (χ3n) is 3.12. The molecule has 2 aromatic heterocycles. The number of carbonyl (C=O) groups is 1. The molecule has 2 rings (SSSR count). The first-order valence-electron chi connectivity index (χ1n) is 5.89. The maximum Gasteiger partial charge on any atom is 0.307 e. The second-order valence-corrected chi connectivity index (χ2v) is 4.68. The molecule has 5 nitrogen and oxygen atoms in total. The Morgan fingerprint density at radius 1 is 1.56 bits per heavy atom. The van der Waals surface area contributed by atoms with Gasteiger partial charge in [0.2, 0.25) is 0 Å². The first kappa shape index (κ1) is 12.4. The normalized spacial score (nSPS) is 11.1. The van der Waals surface area contributed by atoms with Gasteiger partial charge in [-0.05, 0) is 25.5 Å². The Bertz CT molecular complexity index is 575. The fourth-order valence-corrected chi connectivity index (χ4v) is 1.83. The van der Waals surface area contributed by atoms with Crippen LogP contribution in [0, 0.1) is 0 Å². The highest BCUT2D eigenvalue weighted by molar-refractivity contribution is 5.88. The highest BCUT2D eigenvalue weighted by atomic mass is 16.4. The Morgan fingerprint density at radius 2 is 2.28 bits per heavy atom. The third kappa shape index (κ3) is 2.30. The van der Waals surface area contributed by atoms with E-state index in [-0.39, 0.29) is 6.42 Å². The number of hydrogen-bond acceptors (Lipinski definition) is 3. The molecular formula is C13H17N3O2. The highest BCUT2D eigenvalue weighted by Gasteiger charge is 2.11. The summed E-state index contributed by atoms with van der Waals surface area (Å²) in [6, 6.07) is 2.28. The molecule has 0 amide bonds. The van der Waals surface area contributed by atoms with Gasteiger partial charge in [0.05, 0.1) is 18.1 Å². The molecule has 0 fully saturated rings. The van der Waals surface area contributed by atoms with Gasteiger partial charge < -0.3 is 15.0 Å². The molecule has 18 heavy (non-hydrogen) atoms. The number of fused-ring (bicyclic) bond motifs is 1. The maximum atomic E-state index is 10.8. The van der Waals surface area contributed by atoms with Crippen LogP contribution in [0.15, 0.2) is 18.5 Å². The lowest BCUT2D eigenvalue weighted by molar-refractivity contribution is -0.136. The molecule has 5 heteroatoms. The lowest BCUT2D eigenvalue weighted by Crippen LogP contribution is -2.26. The van der Waals surface area contributed by atoms with Gasteiger partial charge in [0.25, 0.3) is 0 Å². The molecule has 0 saturated heterocycles. The number of nitrogens with one attached hydrogen (secondary N) is 1. The minimum Gasteiger partial charge on any atom is -0.481 e. The predicted octanol–water partition coefficient (Wildman–Crippen LogP) is 2.03. The van der Waals surface area contributed by atoms with Crippen LogP contribution < -0.4 is 4.90 Å². The topological polar surface area (TPSA) is 69.2 Å². The molecule has 2 aromatic rings. The van der Waals surface area contributed by atoms with E-state index in [1.165, 1.54) is 0 Å². The lowest BCUT2D eigenvalue weighted by Gasteiger charge is -2.22.